The summed E-state index contributed by atoms with van der Waals surface area (Å²) in [7, 11) is -2.87. The highest BCUT2D eigenvalue weighted by atomic mass is 32.2. The van der Waals surface area contributed by atoms with Gasteiger partial charge < -0.3 is 20.1 Å². The molecule has 11 heteroatoms. The van der Waals surface area contributed by atoms with Gasteiger partial charge >= 0.3 is 5.97 Å². The molecule has 57 heavy (non-hydrogen) atoms. The van der Waals surface area contributed by atoms with Gasteiger partial charge in [0.25, 0.3) is 0 Å². The van der Waals surface area contributed by atoms with Crippen molar-refractivity contribution in [3.63, 3.8) is 0 Å². The number of ether oxygens (including phenoxy) is 1. The molecule has 10 atom stereocenters. The Labute approximate surface area is 347 Å². The van der Waals surface area contributed by atoms with Gasteiger partial charge in [-0.3, -0.25) is 4.79 Å². The number of hydrogen-bond donors (Lipinski definition) is 2. The van der Waals surface area contributed by atoms with Crippen LogP contribution in [0.4, 0.5) is 0 Å². The molecule has 2 N–H and O–H groups in total. The molecule has 0 unspecified atom stereocenters. The number of carboxylic acids is 1. The number of aliphatic carboxylic acids is 1. The molecule has 0 amide bonds. The molecule has 2 heterocycles. The fourth-order valence-corrected chi connectivity index (χ4v) is 16.9. The maximum absolute atomic E-state index is 12.7. The number of fused-ring (bicyclic) bond motifs is 7. The number of sulfone groups is 1. The molecule has 1 aliphatic heterocycles. The van der Waals surface area contributed by atoms with E-state index >= 15 is 0 Å². The molecule has 0 aromatic carbocycles. The van der Waals surface area contributed by atoms with Crippen molar-refractivity contribution in [2.75, 3.05) is 44.3 Å². The van der Waals surface area contributed by atoms with Crippen molar-refractivity contribution in [1.29, 1.82) is 0 Å². The molecule has 0 radical (unpaired) electrons. The van der Waals surface area contributed by atoms with Gasteiger partial charge in [0.1, 0.15) is 17.7 Å². The van der Waals surface area contributed by atoms with E-state index < -0.39 is 21.2 Å². The van der Waals surface area contributed by atoms with Crippen LogP contribution in [-0.2, 0) is 14.6 Å². The normalized spacial score (nSPS) is 42.4. The summed E-state index contributed by atoms with van der Waals surface area (Å²) >= 11 is 1.10. The van der Waals surface area contributed by atoms with Gasteiger partial charge in [-0.15, -0.1) is 4.37 Å². The van der Waals surface area contributed by atoms with Crippen molar-refractivity contribution < 1.29 is 23.1 Å². The zero-order valence-corrected chi connectivity index (χ0v) is 37.6. The van der Waals surface area contributed by atoms with E-state index in [1.54, 1.807) is 0 Å². The van der Waals surface area contributed by atoms with Gasteiger partial charge in [-0.1, -0.05) is 58.9 Å². The van der Waals surface area contributed by atoms with Crippen molar-refractivity contribution in [2.45, 2.75) is 131 Å². The zero-order valence-electron chi connectivity index (χ0n) is 35.9. The number of nitrogens with one attached hydrogen (secondary N) is 1. The molecule has 316 valence electrons. The van der Waals surface area contributed by atoms with Crippen LogP contribution >= 0.6 is 11.7 Å². The summed E-state index contributed by atoms with van der Waals surface area (Å²) in [5.74, 6) is 3.28. The van der Waals surface area contributed by atoms with E-state index in [9.17, 15) is 18.3 Å². The highest BCUT2D eigenvalue weighted by Crippen LogP contribution is 2.76. The van der Waals surface area contributed by atoms with Crippen LogP contribution in [0, 0.1) is 63.6 Å². The summed E-state index contributed by atoms with van der Waals surface area (Å²) in [4.78, 5) is 15.1. The quantitative estimate of drug-likeness (QED) is 0.223. The largest absolute Gasteiger partial charge is 0.481 e. The van der Waals surface area contributed by atoms with Gasteiger partial charge in [-0.25, -0.2) is 8.42 Å². The number of aromatic nitrogens is 2. The van der Waals surface area contributed by atoms with Crippen molar-refractivity contribution in [3.8, 4) is 5.88 Å². The van der Waals surface area contributed by atoms with Gasteiger partial charge in [0.2, 0.25) is 5.88 Å². The number of carbonyl (C=O) groups is 1. The minimum absolute atomic E-state index is 0.00169. The first kappa shape index (κ1) is 41.6. The second kappa shape index (κ2) is 14.5. The smallest absolute Gasteiger partial charge is 0.313 e. The van der Waals surface area contributed by atoms with Crippen molar-refractivity contribution >= 4 is 27.5 Å². The van der Waals surface area contributed by atoms with Gasteiger partial charge in [0.15, 0.2) is 9.84 Å². The summed E-state index contributed by atoms with van der Waals surface area (Å²) in [5, 5.41) is 14.7. The molecular weight excluding hydrogens is 753 g/mol. The third-order valence-corrected chi connectivity index (χ3v) is 20.7. The van der Waals surface area contributed by atoms with Gasteiger partial charge in [0, 0.05) is 31.7 Å². The lowest BCUT2D eigenvalue weighted by atomic mass is 9.33. The van der Waals surface area contributed by atoms with E-state index in [0.29, 0.717) is 78.6 Å². The van der Waals surface area contributed by atoms with E-state index in [-0.39, 0.29) is 33.8 Å². The Balaban J connectivity index is 1.01. The Bertz CT molecular complexity index is 1930. The average molecular weight is 823 g/mol. The highest BCUT2D eigenvalue weighted by molar-refractivity contribution is 7.91. The first-order chi connectivity index (χ1) is 26.8. The van der Waals surface area contributed by atoms with Gasteiger partial charge in [0.05, 0.1) is 23.2 Å². The SMILES string of the molecule is C=C(C)[C@@H]1CC[C@]2(NCCN3CCS(=O)(=O)CC3)CC[C@]3(C)[C@H](CC[C@@H]4[C@@]5(C)CC=C(C6=CC[C@](COc7nsnc7C)(C(=O)O)CC6)C(C)(C)[C@@H]5CC[C@]43C)[C@@H]12. The fourth-order valence-electron chi connectivity index (χ4n) is 15.1. The zero-order chi connectivity index (χ0) is 40.8. The molecule has 1 aromatic rings. The standard InChI is InChI=1S/C46H70N4O5S2/c1-30(2)33-13-20-46(47-23-24-50-25-27-57(53,54)28-26-50)22-21-43(7)35(38(33)46)9-10-37-42(6)16-14-34(41(4,5)36(42)15-17-44(37,43)8)32-11-18-45(19-12-32,40(51)52)29-55-39-31(3)48-56-49-39/h11,14,33,35-38,47H,1,9-10,12-13,15-29H2,2-8H3,(H,51,52)/t33-,35+,36-,37+,38+,42-,43+,44+,45-,46-/m0/s1. The minimum Gasteiger partial charge on any atom is -0.481 e. The summed E-state index contributed by atoms with van der Waals surface area (Å²) in [6.45, 7) is 25.1. The Hall–Kier alpha value is -2.08. The van der Waals surface area contributed by atoms with E-state index in [1.165, 1.54) is 68.1 Å². The predicted molar refractivity (Wildman–Crippen MR) is 228 cm³/mol. The van der Waals surface area contributed by atoms with E-state index in [0.717, 1.165) is 37.7 Å². The number of carboxylic acid groups (broad SMARTS) is 1. The molecule has 1 aromatic heterocycles. The molecule has 4 saturated carbocycles. The summed E-state index contributed by atoms with van der Waals surface area (Å²) in [5.41, 5.74) is 4.79. The number of aryl methyl sites for hydroxylation is 1. The van der Waals surface area contributed by atoms with Crippen LogP contribution in [0.5, 0.6) is 5.88 Å². The van der Waals surface area contributed by atoms with Crippen LogP contribution in [0.1, 0.15) is 124 Å². The molecular formula is C46H70N4O5S2. The lowest BCUT2D eigenvalue weighted by Crippen LogP contribution is -2.68. The molecule has 7 aliphatic rings. The maximum Gasteiger partial charge on any atom is 0.313 e. The van der Waals surface area contributed by atoms with Crippen LogP contribution in [-0.4, -0.2) is 83.0 Å². The monoisotopic (exact) mass is 822 g/mol. The van der Waals surface area contributed by atoms with Crippen molar-refractivity contribution in [3.05, 3.63) is 41.1 Å². The van der Waals surface area contributed by atoms with Crippen molar-refractivity contribution in [1.82, 2.24) is 19.0 Å². The number of allylic oxidation sites excluding steroid dienone is 5. The van der Waals surface area contributed by atoms with E-state index in [1.807, 2.05) is 6.92 Å². The molecule has 5 fully saturated rings. The van der Waals surface area contributed by atoms with Crippen LogP contribution in [0.25, 0.3) is 0 Å². The third-order valence-electron chi connectivity index (χ3n) is 18.5. The first-order valence-corrected chi connectivity index (χ1v) is 24.7. The van der Waals surface area contributed by atoms with Crippen LogP contribution in [0.3, 0.4) is 0 Å². The maximum atomic E-state index is 12.7. The molecule has 9 nitrogen and oxygen atoms in total. The fraction of sp³-hybridized carbons (Fsp3) is 0.804. The topological polar surface area (TPSA) is 122 Å². The lowest BCUT2D eigenvalue weighted by Gasteiger charge is -2.72. The van der Waals surface area contributed by atoms with Gasteiger partial charge in [-0.05, 0) is 153 Å². The summed E-state index contributed by atoms with van der Waals surface area (Å²) in [6.07, 6.45) is 17.7. The van der Waals surface area contributed by atoms with Crippen LogP contribution in [0.2, 0.25) is 0 Å². The minimum atomic E-state index is -2.87. The van der Waals surface area contributed by atoms with E-state index in [4.69, 9.17) is 4.74 Å². The number of hydrogen-bond acceptors (Lipinski definition) is 9. The number of nitrogens with zero attached hydrogens (tertiary/aromatic N) is 3. The molecule has 1 saturated heterocycles. The van der Waals surface area contributed by atoms with E-state index in [2.05, 4.69) is 79.2 Å². The molecule has 6 aliphatic carbocycles. The van der Waals surface area contributed by atoms with Crippen LogP contribution in [0.15, 0.2) is 35.5 Å². The van der Waals surface area contributed by atoms with Crippen LogP contribution < -0.4 is 10.1 Å². The Morgan fingerprint density at radius 1 is 0.965 bits per heavy atom. The Morgan fingerprint density at radius 2 is 1.72 bits per heavy atom. The number of rotatable bonds is 10. The highest BCUT2D eigenvalue weighted by Gasteiger charge is 2.70. The Morgan fingerprint density at radius 3 is 2.37 bits per heavy atom. The Kier molecular flexibility index (Phi) is 10.6. The second-order valence-corrected chi connectivity index (χ2v) is 24.1. The first-order valence-electron chi connectivity index (χ1n) is 22.2. The summed E-state index contributed by atoms with van der Waals surface area (Å²) < 4.78 is 38.6. The van der Waals surface area contributed by atoms with Gasteiger partial charge in [-0.2, -0.15) is 4.37 Å². The van der Waals surface area contributed by atoms with Crippen molar-refractivity contribution in [2.24, 2.45) is 56.7 Å². The molecule has 8 rings (SSSR count). The summed E-state index contributed by atoms with van der Waals surface area (Å²) in [6, 6.07) is 0. The molecule has 0 spiro atoms. The third kappa shape index (κ3) is 6.64. The lowest BCUT2D eigenvalue weighted by molar-refractivity contribution is -0.221. The average Bonchev–Trinajstić information content (AvgIpc) is 3.75. The molecule has 0 bridgehead atoms. The second-order valence-electron chi connectivity index (χ2n) is 21.3. The predicted octanol–water partition coefficient (Wildman–Crippen LogP) is 8.67.